The zero-order valence-electron chi connectivity index (χ0n) is 10.8. The number of benzene rings is 1. The first-order valence-corrected chi connectivity index (χ1v) is 7.15. The minimum Gasteiger partial charge on any atom is -0.339 e. The predicted octanol–water partition coefficient (Wildman–Crippen LogP) is 0.704. The molecule has 7 heteroatoms. The third-order valence-corrected chi connectivity index (χ3v) is 4.51. The highest BCUT2D eigenvalue weighted by molar-refractivity contribution is 7.92. The van der Waals surface area contributed by atoms with Crippen molar-refractivity contribution >= 4 is 15.7 Å². The number of aromatic nitrogens is 2. The summed E-state index contributed by atoms with van der Waals surface area (Å²) in [5.74, 6) is 0. The van der Waals surface area contributed by atoms with Crippen LogP contribution in [0.25, 0.3) is 0 Å². The molecule has 2 rings (SSSR count). The Morgan fingerprint density at radius 1 is 1.37 bits per heavy atom. The van der Waals surface area contributed by atoms with E-state index in [4.69, 9.17) is 5.73 Å². The van der Waals surface area contributed by atoms with Crippen LogP contribution >= 0.6 is 0 Å². The van der Waals surface area contributed by atoms with Gasteiger partial charge in [0.1, 0.15) is 0 Å². The maximum absolute atomic E-state index is 12.4. The molecular formula is C12H16N4O2S. The highest BCUT2D eigenvalue weighted by Crippen LogP contribution is 2.24. The van der Waals surface area contributed by atoms with Crippen LogP contribution in [0.4, 0.5) is 5.69 Å². The Hall–Kier alpha value is -1.86. The molecule has 2 aromatic rings. The van der Waals surface area contributed by atoms with Gasteiger partial charge in [0.05, 0.1) is 12.0 Å². The normalized spacial score (nSPS) is 11.5. The van der Waals surface area contributed by atoms with Crippen molar-refractivity contribution in [3.63, 3.8) is 0 Å². The monoisotopic (exact) mass is 280 g/mol. The second kappa shape index (κ2) is 5.02. The molecule has 2 N–H and O–H groups in total. The topological polar surface area (TPSA) is 81.2 Å². The summed E-state index contributed by atoms with van der Waals surface area (Å²) in [6.45, 7) is 0.276. The average Bonchev–Trinajstić information content (AvgIpc) is 2.85. The Labute approximate surface area is 112 Å². The number of anilines is 1. The highest BCUT2D eigenvalue weighted by Gasteiger charge is 2.24. The van der Waals surface area contributed by atoms with E-state index in [1.807, 2.05) is 6.07 Å². The van der Waals surface area contributed by atoms with Gasteiger partial charge in [0.2, 0.25) is 0 Å². The van der Waals surface area contributed by atoms with Gasteiger partial charge in [-0.05, 0) is 11.6 Å². The van der Waals surface area contributed by atoms with E-state index in [0.717, 1.165) is 5.56 Å². The molecule has 0 saturated carbocycles. The molecule has 1 heterocycles. The zero-order valence-corrected chi connectivity index (χ0v) is 11.6. The first-order valence-electron chi connectivity index (χ1n) is 5.71. The van der Waals surface area contributed by atoms with Crippen LogP contribution in [-0.4, -0.2) is 25.0 Å². The molecule has 0 aliphatic heterocycles. The van der Waals surface area contributed by atoms with Crippen LogP contribution in [0.1, 0.15) is 5.56 Å². The number of para-hydroxylation sites is 1. The van der Waals surface area contributed by atoms with Gasteiger partial charge in [-0.15, -0.1) is 0 Å². The van der Waals surface area contributed by atoms with Gasteiger partial charge in [-0.2, -0.15) is 8.42 Å². The van der Waals surface area contributed by atoms with Gasteiger partial charge in [-0.1, -0.05) is 18.2 Å². The number of hydrogen-bond acceptors (Lipinski definition) is 4. The first-order chi connectivity index (χ1) is 8.96. The molecule has 1 aromatic heterocycles. The van der Waals surface area contributed by atoms with E-state index in [-0.39, 0.29) is 11.6 Å². The molecule has 102 valence electrons. The van der Waals surface area contributed by atoms with Crippen molar-refractivity contribution in [3.8, 4) is 0 Å². The van der Waals surface area contributed by atoms with E-state index < -0.39 is 10.0 Å². The van der Waals surface area contributed by atoms with Crippen LogP contribution < -0.4 is 10.0 Å². The van der Waals surface area contributed by atoms with Crippen LogP contribution in [0, 0.1) is 0 Å². The minimum atomic E-state index is -3.66. The molecule has 0 unspecified atom stereocenters. The summed E-state index contributed by atoms with van der Waals surface area (Å²) in [6.07, 6.45) is 2.92. The summed E-state index contributed by atoms with van der Waals surface area (Å²) in [5.41, 5.74) is 6.97. The molecule has 0 radical (unpaired) electrons. The van der Waals surface area contributed by atoms with Gasteiger partial charge >= 0.3 is 0 Å². The molecule has 6 nitrogen and oxygen atoms in total. The summed E-state index contributed by atoms with van der Waals surface area (Å²) in [5, 5.41) is 0.0179. The molecule has 19 heavy (non-hydrogen) atoms. The number of nitrogens with zero attached hydrogens (tertiary/aromatic N) is 3. The number of rotatable bonds is 4. The Balaban J connectivity index is 2.46. The largest absolute Gasteiger partial charge is 0.339 e. The quantitative estimate of drug-likeness (QED) is 0.894. The predicted molar refractivity (Wildman–Crippen MR) is 73.1 cm³/mol. The SMILES string of the molecule is CN(c1ccccc1CN)S(=O)(=O)c1cn(C)cn1. The van der Waals surface area contributed by atoms with Crippen molar-refractivity contribution in [2.45, 2.75) is 11.6 Å². The second-order valence-corrected chi connectivity index (χ2v) is 6.10. The van der Waals surface area contributed by atoms with Crippen LogP contribution in [0.5, 0.6) is 0 Å². The van der Waals surface area contributed by atoms with Gasteiger partial charge in [0, 0.05) is 26.8 Å². The number of aryl methyl sites for hydroxylation is 1. The lowest BCUT2D eigenvalue weighted by Crippen LogP contribution is -2.28. The summed E-state index contributed by atoms with van der Waals surface area (Å²) >= 11 is 0. The van der Waals surface area contributed by atoms with Crippen molar-refractivity contribution in [2.24, 2.45) is 12.8 Å². The van der Waals surface area contributed by atoms with E-state index in [9.17, 15) is 8.42 Å². The fourth-order valence-electron chi connectivity index (χ4n) is 1.78. The lowest BCUT2D eigenvalue weighted by Gasteiger charge is -2.20. The van der Waals surface area contributed by atoms with Gasteiger partial charge in [0.25, 0.3) is 10.0 Å². The fourth-order valence-corrected chi connectivity index (χ4v) is 2.98. The summed E-state index contributed by atoms with van der Waals surface area (Å²) in [6, 6.07) is 7.13. The van der Waals surface area contributed by atoms with Crippen LogP contribution in [0.15, 0.2) is 41.8 Å². The maximum Gasteiger partial charge on any atom is 0.283 e. The maximum atomic E-state index is 12.4. The average molecular weight is 280 g/mol. The Bertz CT molecular complexity index is 679. The van der Waals surface area contributed by atoms with E-state index in [1.54, 1.807) is 29.8 Å². The molecule has 0 bridgehead atoms. The van der Waals surface area contributed by atoms with Crippen LogP contribution in [0.2, 0.25) is 0 Å². The third kappa shape index (κ3) is 2.47. The standard InChI is InChI=1S/C12H16N4O2S/c1-15-8-12(14-9-15)19(17,18)16(2)11-6-4-3-5-10(11)7-13/h3-6,8-9H,7,13H2,1-2H3. The Morgan fingerprint density at radius 2 is 2.05 bits per heavy atom. The van der Waals surface area contributed by atoms with Crippen molar-refractivity contribution in [2.75, 3.05) is 11.4 Å². The Morgan fingerprint density at radius 3 is 2.63 bits per heavy atom. The van der Waals surface area contributed by atoms with E-state index in [2.05, 4.69) is 4.98 Å². The molecule has 0 amide bonds. The summed E-state index contributed by atoms with van der Waals surface area (Å²) < 4.78 is 27.6. The highest BCUT2D eigenvalue weighted by atomic mass is 32.2. The van der Waals surface area contributed by atoms with Gasteiger partial charge in [-0.25, -0.2) is 4.98 Å². The number of nitrogens with two attached hydrogens (primary N) is 1. The fraction of sp³-hybridized carbons (Fsp3) is 0.250. The summed E-state index contributed by atoms with van der Waals surface area (Å²) in [4.78, 5) is 3.89. The van der Waals surface area contributed by atoms with Crippen LogP contribution in [0.3, 0.4) is 0 Å². The molecule has 0 fully saturated rings. The van der Waals surface area contributed by atoms with Crippen molar-refractivity contribution in [3.05, 3.63) is 42.4 Å². The molecular weight excluding hydrogens is 264 g/mol. The van der Waals surface area contributed by atoms with Crippen molar-refractivity contribution in [1.29, 1.82) is 0 Å². The first kappa shape index (κ1) is 13.6. The van der Waals surface area contributed by atoms with Crippen molar-refractivity contribution < 1.29 is 8.42 Å². The molecule has 0 aliphatic rings. The second-order valence-electron chi connectivity index (χ2n) is 4.18. The third-order valence-electron chi connectivity index (χ3n) is 2.86. The molecule has 0 saturated heterocycles. The molecule has 0 spiro atoms. The van der Waals surface area contributed by atoms with Gasteiger partial charge in [-0.3, -0.25) is 4.31 Å². The lowest BCUT2D eigenvalue weighted by molar-refractivity contribution is 0.591. The molecule has 0 aliphatic carbocycles. The molecule has 1 aromatic carbocycles. The van der Waals surface area contributed by atoms with E-state index >= 15 is 0 Å². The molecule has 0 atom stereocenters. The Kier molecular flexibility index (Phi) is 3.59. The summed E-state index contributed by atoms with van der Waals surface area (Å²) in [7, 11) is -0.437. The van der Waals surface area contributed by atoms with Gasteiger partial charge < -0.3 is 10.3 Å². The zero-order chi connectivity index (χ0) is 14.0. The van der Waals surface area contributed by atoms with Crippen LogP contribution in [-0.2, 0) is 23.6 Å². The smallest absolute Gasteiger partial charge is 0.283 e. The number of sulfonamides is 1. The van der Waals surface area contributed by atoms with Crippen molar-refractivity contribution in [1.82, 2.24) is 9.55 Å². The minimum absolute atomic E-state index is 0.0179. The number of imidazole rings is 1. The van der Waals surface area contributed by atoms with E-state index in [1.165, 1.54) is 23.9 Å². The van der Waals surface area contributed by atoms with E-state index in [0.29, 0.717) is 5.69 Å². The number of hydrogen-bond donors (Lipinski definition) is 1. The van der Waals surface area contributed by atoms with Gasteiger partial charge in [0.15, 0.2) is 5.03 Å². The lowest BCUT2D eigenvalue weighted by atomic mass is 10.2.